The first-order valence-corrected chi connectivity index (χ1v) is 30.4. The van der Waals surface area contributed by atoms with Gasteiger partial charge in [-0.15, -0.1) is 0 Å². The number of anilines is 2. The van der Waals surface area contributed by atoms with E-state index in [0.29, 0.717) is 43.4 Å². The van der Waals surface area contributed by atoms with Crippen molar-refractivity contribution in [1.82, 2.24) is 26.2 Å². The van der Waals surface area contributed by atoms with E-state index in [1.807, 2.05) is 13.0 Å². The lowest BCUT2D eigenvalue weighted by Gasteiger charge is -2.42. The van der Waals surface area contributed by atoms with E-state index < -0.39 is 132 Å². The number of benzene rings is 2. The number of nitrogens with one attached hydrogen (secondary N) is 5. The van der Waals surface area contributed by atoms with Crippen LogP contribution in [0.1, 0.15) is 109 Å². The summed E-state index contributed by atoms with van der Waals surface area (Å²) in [6, 6.07) is 1.92. The molecular weight excluding hydrogens is 1230 g/mol. The first kappa shape index (κ1) is 71.7. The smallest absolute Gasteiger partial charge is 0.409 e. The number of rotatable bonds is 25. The number of likely N-dealkylation sites (N-methyl/N-ethyl adjacent to an activating group) is 1. The number of hydrogen-bond acceptors (Lipinski definition) is 18. The van der Waals surface area contributed by atoms with Gasteiger partial charge in [0.15, 0.2) is 5.72 Å². The quantitative estimate of drug-likeness (QED) is 0.00871. The van der Waals surface area contributed by atoms with E-state index in [0.717, 1.165) is 22.1 Å². The Kier molecular flexibility index (Phi) is 26.0. The zero-order chi connectivity index (χ0) is 65.5. The first-order valence-electron chi connectivity index (χ1n) is 28.9. The second-order valence-corrected chi connectivity index (χ2v) is 24.0. The molecule has 9 N–H and O–H groups in total. The van der Waals surface area contributed by atoms with Gasteiger partial charge in [0, 0.05) is 56.6 Å². The zero-order valence-corrected chi connectivity index (χ0v) is 53.9. The van der Waals surface area contributed by atoms with Crippen LogP contribution in [0.15, 0.2) is 66.3 Å². The summed E-state index contributed by atoms with van der Waals surface area (Å²) >= 11 is 10.0. The van der Waals surface area contributed by atoms with Crippen LogP contribution in [0.3, 0.4) is 0 Å². The lowest BCUT2D eigenvalue weighted by molar-refractivity contribution is -0.158. The number of allylic oxidation sites excluding steroid dienone is 3. The fourth-order valence-corrected chi connectivity index (χ4v) is 11.0. The number of halogens is 2. The van der Waals surface area contributed by atoms with Crippen molar-refractivity contribution < 1.29 is 81.8 Å². The second kappa shape index (κ2) is 31.9. The van der Waals surface area contributed by atoms with Gasteiger partial charge in [-0.3, -0.25) is 29.8 Å². The molecular formula is C61H84BrClN8O17. The summed E-state index contributed by atoms with van der Waals surface area (Å²) < 4.78 is 34.9. The van der Waals surface area contributed by atoms with Crippen molar-refractivity contribution in [3.05, 3.63) is 82.4 Å². The number of aliphatic hydroxyl groups is 1. The maximum atomic E-state index is 14.5. The first-order chi connectivity index (χ1) is 41.4. The highest BCUT2D eigenvalue weighted by Gasteiger charge is 2.64. The number of carbonyl (C=O) groups is 9. The molecule has 2 fully saturated rings. The largest absolute Gasteiger partial charge is 0.506 e. The van der Waals surface area contributed by atoms with Crippen molar-refractivity contribution in [2.24, 2.45) is 17.6 Å². The number of carbonyl (C=O) groups excluding carboxylic acids is 9. The van der Waals surface area contributed by atoms with Gasteiger partial charge in [-0.2, -0.15) is 0 Å². The molecule has 0 saturated carbocycles. The number of ether oxygens (including phenoxy) is 6. The summed E-state index contributed by atoms with van der Waals surface area (Å²) in [5.74, 6) is -5.54. The van der Waals surface area contributed by atoms with E-state index in [1.54, 1.807) is 58.9 Å². The predicted octanol–water partition coefficient (Wildman–Crippen LogP) is 5.64. The summed E-state index contributed by atoms with van der Waals surface area (Å²) in [4.78, 5) is 122. The molecule has 0 aliphatic carbocycles. The summed E-state index contributed by atoms with van der Waals surface area (Å²) in [7, 11) is 5.66. The van der Waals surface area contributed by atoms with E-state index >= 15 is 0 Å². The summed E-state index contributed by atoms with van der Waals surface area (Å²) in [5.41, 5.74) is 3.78. The van der Waals surface area contributed by atoms with E-state index in [2.05, 4.69) is 49.1 Å². The maximum absolute atomic E-state index is 14.5. The molecule has 88 heavy (non-hydrogen) atoms. The molecule has 0 aromatic heterocycles. The molecule has 0 radical (unpaired) electrons. The van der Waals surface area contributed by atoms with Crippen molar-refractivity contribution in [2.45, 2.75) is 166 Å². The second-order valence-electron chi connectivity index (χ2n) is 23.0. The monoisotopic (exact) mass is 1310 g/mol. The number of nitrogens with two attached hydrogens (primary N) is 1. The minimum atomic E-state index is -1.93. The number of nitrogens with zero attached hydrogens (tertiary/aromatic N) is 2. The highest BCUT2D eigenvalue weighted by molar-refractivity contribution is 9.09. The number of aldehydes is 1. The molecule has 1 unspecified atom stereocenters. The summed E-state index contributed by atoms with van der Waals surface area (Å²) in [5, 5.41) is 36.9. The number of alkyl halides is 1. The van der Waals surface area contributed by atoms with Crippen LogP contribution in [-0.2, 0) is 58.9 Å². The van der Waals surface area contributed by atoms with Gasteiger partial charge in [0.2, 0.25) is 17.7 Å². The number of epoxide rings is 1. The van der Waals surface area contributed by atoms with E-state index in [9.17, 15) is 53.4 Å². The minimum Gasteiger partial charge on any atom is -0.506 e. The Morgan fingerprint density at radius 2 is 1.76 bits per heavy atom. The van der Waals surface area contributed by atoms with Gasteiger partial charge >= 0.3 is 24.1 Å². The van der Waals surface area contributed by atoms with E-state index in [1.165, 1.54) is 52.3 Å². The average molecular weight is 1320 g/mol. The fraction of sp³-hybridized carbons (Fsp3) is 0.557. The Balaban J connectivity index is 1.34. The van der Waals surface area contributed by atoms with Crippen molar-refractivity contribution in [3.8, 4) is 11.5 Å². The number of hydrogen-bond donors (Lipinski definition) is 8. The topological polar surface area (TPSA) is 345 Å². The number of phenolic OH excluding ortho intramolecular Hbond substituents is 1. The Morgan fingerprint density at radius 3 is 2.39 bits per heavy atom. The van der Waals surface area contributed by atoms with Crippen LogP contribution in [0.25, 0.3) is 0 Å². The van der Waals surface area contributed by atoms with Crippen molar-refractivity contribution in [1.29, 1.82) is 0 Å². The molecule has 3 heterocycles. The average Bonchev–Trinajstić information content (AvgIpc) is 1.58. The molecule has 2 aromatic rings. The molecule has 7 amide bonds. The van der Waals surface area contributed by atoms with Gasteiger partial charge in [-0.25, -0.2) is 19.2 Å². The van der Waals surface area contributed by atoms with Gasteiger partial charge in [-0.1, -0.05) is 78.7 Å². The van der Waals surface area contributed by atoms with Crippen molar-refractivity contribution in [2.75, 3.05) is 50.4 Å². The van der Waals surface area contributed by atoms with Gasteiger partial charge in [0.1, 0.15) is 58.8 Å². The predicted molar refractivity (Wildman–Crippen MR) is 330 cm³/mol. The lowest BCUT2D eigenvalue weighted by Crippen LogP contribution is -2.63. The van der Waals surface area contributed by atoms with Gasteiger partial charge in [0.05, 0.1) is 49.2 Å². The fourth-order valence-electron chi connectivity index (χ4n) is 10.4. The third-order valence-electron chi connectivity index (χ3n) is 15.9. The Hall–Kier alpha value is -7.10. The van der Waals surface area contributed by atoms with Crippen LogP contribution in [-0.4, -0.2) is 175 Å². The molecule has 0 spiro atoms. The van der Waals surface area contributed by atoms with Crippen LogP contribution in [0.2, 0.25) is 5.02 Å². The molecule has 4 bridgehead atoms. The Bertz CT molecular complexity index is 2980. The highest BCUT2D eigenvalue weighted by atomic mass is 79.9. The molecule has 12 atom stereocenters. The molecule has 3 aliphatic heterocycles. The van der Waals surface area contributed by atoms with Crippen molar-refractivity contribution in [3.63, 3.8) is 0 Å². The van der Waals surface area contributed by atoms with Crippen LogP contribution >= 0.6 is 27.5 Å². The van der Waals surface area contributed by atoms with E-state index in [4.69, 9.17) is 45.8 Å². The maximum Gasteiger partial charge on any atom is 0.409 e. The number of urea groups is 1. The molecule has 2 aromatic carbocycles. The number of primary amides is 1. The summed E-state index contributed by atoms with van der Waals surface area (Å²) in [6.45, 7) is 15.6. The Morgan fingerprint density at radius 1 is 1.06 bits per heavy atom. The molecule has 25 nitrogen and oxygen atoms in total. The number of esters is 2. The molecule has 2 saturated heterocycles. The minimum absolute atomic E-state index is 0.0227. The van der Waals surface area contributed by atoms with Gasteiger partial charge in [-0.05, 0) is 108 Å². The lowest BCUT2D eigenvalue weighted by atomic mass is 9.83. The number of methoxy groups -OCH3 is 2. The van der Waals surface area contributed by atoms with E-state index in [-0.39, 0.29) is 58.9 Å². The van der Waals surface area contributed by atoms with Crippen LogP contribution in [0.4, 0.5) is 21.0 Å². The van der Waals surface area contributed by atoms with Crippen LogP contribution in [0, 0.1) is 11.8 Å². The standard InChI is InChI=1S/C61H84BrClN8O17/c1-32(2)51(66-40(31-72)18-14-17-35(5)85-56(78)34(4)30-62)54(76)68-42(19-15-23-65-58(64)80)53(75)67-41-22-21-39(27-44(41)73)55(77)70(9)37(7)57(79)87-48-28-49(74)71(10)43-25-38(26-45(83-11)50(43)63)24-33(3)16-13-20-47(84-12)61(82)29-46(86-59(81)69-61)36(6)52-60(48,8)88-52/h13,16,20-22,25-27,31-32,35-37,40,42,46-48,51-52,66,73,82H,4,14-15,17-19,23-24,28-30H2,1-3,5-12H3,(H,67,75)(H,68,76)(H,69,81)(H3,64,65,80)/b20-13+,33-16+/t35?,36-,37+,40+,42+,46+,47-,48+,51+,52+,60+,61+/m1/s1. The number of alkyl carbamates (subject to hydrolysis) is 1. The Labute approximate surface area is 526 Å². The third kappa shape index (κ3) is 18.7. The SMILES string of the molecule is C=C(CBr)C(=O)OC(C)CCC[C@@H](C=O)N[C@H](C(=O)N[C@@H](CCCNC(N)=O)C(=O)Nc1ccc(C(=O)N(C)[C@@H](C)C(=O)O[C@H]2CC(=O)N(C)c3cc(cc(OC)c3Cl)C/C(C)=C/C=C/[C@@H](OC)[C@@]3(O)C[C@H](OC(=O)N3)[C@@H](C)[C@@H]3O[C@@]23C)cc1O)C(C)C. The summed E-state index contributed by atoms with van der Waals surface area (Å²) in [6.07, 6.45) is 1.34. The number of phenols is 1. The zero-order valence-electron chi connectivity index (χ0n) is 51.6. The van der Waals surface area contributed by atoms with Crippen LogP contribution in [0.5, 0.6) is 11.5 Å². The van der Waals surface area contributed by atoms with Crippen LogP contribution < -0.4 is 42.0 Å². The number of aromatic hydroxyl groups is 1. The molecule has 484 valence electrons. The van der Waals surface area contributed by atoms with Gasteiger partial charge in [0.25, 0.3) is 5.91 Å². The highest BCUT2D eigenvalue weighted by Crippen LogP contribution is 2.49. The van der Waals surface area contributed by atoms with Crippen molar-refractivity contribution >= 4 is 92.9 Å². The molecule has 3 aliphatic rings. The third-order valence-corrected chi connectivity index (χ3v) is 17.0. The molecule has 27 heteroatoms. The number of amides is 7. The molecule has 5 rings (SSSR count). The normalized spacial score (nSPS) is 24.6. The number of fused-ring (bicyclic) bond motifs is 5. The van der Waals surface area contributed by atoms with Gasteiger partial charge < -0.3 is 74.9 Å².